The quantitative estimate of drug-likeness (QED) is 0.782. The molecule has 9 heteroatoms. The second-order valence-electron chi connectivity index (χ2n) is 7.36. The predicted molar refractivity (Wildman–Crippen MR) is 104 cm³/mol. The molecule has 0 bridgehead atoms. The zero-order valence-electron chi connectivity index (χ0n) is 15.2. The van der Waals surface area contributed by atoms with E-state index < -0.39 is 21.4 Å². The Kier molecular flexibility index (Phi) is 7.24. The summed E-state index contributed by atoms with van der Waals surface area (Å²) >= 11 is 0. The van der Waals surface area contributed by atoms with Gasteiger partial charge in [-0.2, -0.15) is 0 Å². The number of nitrogens with zero attached hydrogens (tertiary/aromatic N) is 1. The van der Waals surface area contributed by atoms with Crippen molar-refractivity contribution in [3.8, 4) is 0 Å². The number of sulfonamides is 1. The summed E-state index contributed by atoms with van der Waals surface area (Å²) in [6.45, 7) is 0.989. The van der Waals surface area contributed by atoms with Gasteiger partial charge < -0.3 is 10.6 Å². The number of hydrogen-bond acceptors (Lipinski definition) is 4. The van der Waals surface area contributed by atoms with E-state index in [4.69, 9.17) is 5.73 Å². The summed E-state index contributed by atoms with van der Waals surface area (Å²) in [4.78, 5) is 14.6. The molecule has 0 aromatic heterocycles. The number of carbonyl (C=O) groups is 1. The van der Waals surface area contributed by atoms with E-state index in [1.807, 2.05) is 0 Å². The summed E-state index contributed by atoms with van der Waals surface area (Å²) in [5.74, 6) is -0.480. The van der Waals surface area contributed by atoms with Crippen LogP contribution in [0.3, 0.4) is 0 Å². The lowest BCUT2D eigenvalue weighted by molar-refractivity contribution is -0.139. The highest BCUT2D eigenvalue weighted by atomic mass is 35.5. The highest BCUT2D eigenvalue weighted by Gasteiger charge is 2.39. The monoisotopic (exact) mass is 419 g/mol. The van der Waals surface area contributed by atoms with Crippen LogP contribution in [0, 0.1) is 5.82 Å². The van der Waals surface area contributed by atoms with Gasteiger partial charge in [0, 0.05) is 19.1 Å². The Balaban J connectivity index is 0.00000261. The molecule has 3 rings (SSSR count). The van der Waals surface area contributed by atoms with Crippen LogP contribution in [0.25, 0.3) is 0 Å². The van der Waals surface area contributed by atoms with Crippen molar-refractivity contribution in [3.63, 3.8) is 0 Å². The molecule has 2 fully saturated rings. The average molecular weight is 420 g/mol. The van der Waals surface area contributed by atoms with Crippen LogP contribution in [0.15, 0.2) is 29.2 Å². The number of nitrogens with two attached hydrogens (primary N) is 1. The topological polar surface area (TPSA) is 92.5 Å². The molecule has 6 nitrogen and oxygen atoms in total. The summed E-state index contributed by atoms with van der Waals surface area (Å²) in [6, 6.07) is 4.51. The Morgan fingerprint density at radius 1 is 1.11 bits per heavy atom. The average Bonchev–Trinajstić information content (AvgIpc) is 2.62. The number of rotatable bonds is 4. The first-order valence-electron chi connectivity index (χ1n) is 9.16. The van der Waals surface area contributed by atoms with Crippen molar-refractivity contribution in [2.24, 2.45) is 5.73 Å². The molecular formula is C18H27ClFN3O3S. The maximum atomic E-state index is 13.0. The second kappa shape index (κ2) is 8.86. The van der Waals surface area contributed by atoms with Gasteiger partial charge in [0.05, 0.1) is 10.4 Å². The fraction of sp³-hybridized carbons (Fsp3) is 0.611. The van der Waals surface area contributed by atoms with Crippen molar-refractivity contribution in [2.45, 2.75) is 61.4 Å². The van der Waals surface area contributed by atoms with Gasteiger partial charge >= 0.3 is 0 Å². The fourth-order valence-corrected chi connectivity index (χ4v) is 5.12. The SMILES string of the molecule is Cl.NC1(C(=O)N2CCC(NS(=O)(=O)c3ccc(F)cc3)CC2)CCCCC1. The van der Waals surface area contributed by atoms with Gasteiger partial charge in [0.2, 0.25) is 15.9 Å². The molecule has 0 spiro atoms. The van der Waals surface area contributed by atoms with Crippen LogP contribution in [0.2, 0.25) is 0 Å². The molecule has 0 radical (unpaired) electrons. The molecule has 1 saturated carbocycles. The molecule has 1 aliphatic heterocycles. The zero-order chi connectivity index (χ0) is 18.8. The van der Waals surface area contributed by atoms with Crippen LogP contribution in [0.4, 0.5) is 4.39 Å². The molecule has 1 aliphatic carbocycles. The van der Waals surface area contributed by atoms with Gasteiger partial charge in [-0.1, -0.05) is 19.3 Å². The van der Waals surface area contributed by atoms with E-state index in [0.29, 0.717) is 25.9 Å². The number of carbonyl (C=O) groups excluding carboxylic acids is 1. The van der Waals surface area contributed by atoms with Crippen molar-refractivity contribution in [3.05, 3.63) is 30.1 Å². The van der Waals surface area contributed by atoms with E-state index in [0.717, 1.165) is 44.2 Å². The van der Waals surface area contributed by atoms with Crippen molar-refractivity contribution in [1.82, 2.24) is 9.62 Å². The maximum absolute atomic E-state index is 13.0. The van der Waals surface area contributed by atoms with Gasteiger partial charge in [-0.3, -0.25) is 4.79 Å². The van der Waals surface area contributed by atoms with Crippen LogP contribution in [0.1, 0.15) is 44.9 Å². The van der Waals surface area contributed by atoms with Crippen LogP contribution >= 0.6 is 12.4 Å². The Morgan fingerprint density at radius 3 is 2.22 bits per heavy atom. The van der Waals surface area contributed by atoms with E-state index in [9.17, 15) is 17.6 Å². The molecule has 27 heavy (non-hydrogen) atoms. The minimum Gasteiger partial charge on any atom is -0.341 e. The van der Waals surface area contributed by atoms with E-state index in [1.165, 1.54) is 12.1 Å². The summed E-state index contributed by atoms with van der Waals surface area (Å²) < 4.78 is 40.4. The van der Waals surface area contributed by atoms with Crippen molar-refractivity contribution < 1.29 is 17.6 Å². The Morgan fingerprint density at radius 2 is 1.67 bits per heavy atom. The Labute approximate surface area is 166 Å². The Bertz CT molecular complexity index is 744. The molecule has 1 aromatic rings. The normalized spacial score (nSPS) is 20.7. The van der Waals surface area contributed by atoms with Gasteiger partial charge in [-0.25, -0.2) is 17.5 Å². The van der Waals surface area contributed by atoms with E-state index in [-0.39, 0.29) is 29.3 Å². The summed E-state index contributed by atoms with van der Waals surface area (Å²) in [5.41, 5.74) is 5.57. The molecule has 2 aliphatic rings. The molecule has 1 amide bonds. The summed E-state index contributed by atoms with van der Waals surface area (Å²) in [7, 11) is -3.69. The molecule has 1 heterocycles. The lowest BCUT2D eigenvalue weighted by Crippen LogP contribution is -2.58. The minimum atomic E-state index is -3.69. The number of nitrogens with one attached hydrogen (secondary N) is 1. The lowest BCUT2D eigenvalue weighted by Gasteiger charge is -2.40. The van der Waals surface area contributed by atoms with Gasteiger partial charge in [0.15, 0.2) is 0 Å². The molecule has 0 unspecified atom stereocenters. The first-order chi connectivity index (χ1) is 12.3. The number of benzene rings is 1. The summed E-state index contributed by atoms with van der Waals surface area (Å²) in [5, 5.41) is 0. The second-order valence-corrected chi connectivity index (χ2v) is 9.07. The number of hydrogen-bond donors (Lipinski definition) is 2. The van der Waals surface area contributed by atoms with E-state index >= 15 is 0 Å². The zero-order valence-corrected chi connectivity index (χ0v) is 16.8. The van der Waals surface area contributed by atoms with Crippen molar-refractivity contribution in [1.29, 1.82) is 0 Å². The Hall–Kier alpha value is -1.22. The number of piperidine rings is 1. The molecule has 3 N–H and O–H groups in total. The number of amides is 1. The molecule has 152 valence electrons. The van der Waals surface area contributed by atoms with Gasteiger partial charge in [-0.05, 0) is 49.9 Å². The molecular weight excluding hydrogens is 393 g/mol. The van der Waals surface area contributed by atoms with E-state index in [1.54, 1.807) is 4.90 Å². The molecule has 1 saturated heterocycles. The first kappa shape index (κ1) is 22.1. The predicted octanol–water partition coefficient (Wildman–Crippen LogP) is 2.18. The number of halogens is 2. The van der Waals surface area contributed by atoms with Crippen LogP contribution in [-0.4, -0.2) is 43.9 Å². The van der Waals surface area contributed by atoms with Crippen LogP contribution in [-0.2, 0) is 14.8 Å². The first-order valence-corrected chi connectivity index (χ1v) is 10.6. The standard InChI is InChI=1S/C18H26FN3O3S.ClH/c19-14-4-6-16(7-5-14)26(24,25)21-15-8-12-22(13-9-15)17(23)18(20)10-2-1-3-11-18;/h4-7,15,21H,1-3,8-13,20H2;1H. The smallest absolute Gasteiger partial charge is 0.242 e. The van der Waals surface area contributed by atoms with E-state index in [2.05, 4.69) is 4.72 Å². The summed E-state index contributed by atoms with van der Waals surface area (Å²) in [6.07, 6.45) is 5.63. The van der Waals surface area contributed by atoms with Crippen molar-refractivity contribution >= 4 is 28.3 Å². The van der Waals surface area contributed by atoms with Gasteiger partial charge in [-0.15, -0.1) is 12.4 Å². The number of likely N-dealkylation sites (tertiary alicyclic amines) is 1. The maximum Gasteiger partial charge on any atom is 0.242 e. The minimum absolute atomic E-state index is 0. The lowest BCUT2D eigenvalue weighted by atomic mass is 9.81. The third kappa shape index (κ3) is 5.19. The van der Waals surface area contributed by atoms with Gasteiger partial charge in [0.1, 0.15) is 5.82 Å². The highest BCUT2D eigenvalue weighted by Crippen LogP contribution is 2.29. The third-order valence-electron chi connectivity index (χ3n) is 5.40. The molecule has 0 atom stereocenters. The van der Waals surface area contributed by atoms with Crippen molar-refractivity contribution in [2.75, 3.05) is 13.1 Å². The fourth-order valence-electron chi connectivity index (χ4n) is 3.81. The van der Waals surface area contributed by atoms with Crippen LogP contribution in [0.5, 0.6) is 0 Å². The third-order valence-corrected chi connectivity index (χ3v) is 6.94. The highest BCUT2D eigenvalue weighted by molar-refractivity contribution is 7.89. The molecule has 1 aromatic carbocycles. The van der Waals surface area contributed by atoms with Crippen LogP contribution < -0.4 is 10.5 Å². The largest absolute Gasteiger partial charge is 0.341 e. The van der Waals surface area contributed by atoms with Gasteiger partial charge in [0.25, 0.3) is 0 Å².